The van der Waals surface area contributed by atoms with Crippen molar-refractivity contribution >= 4 is 33.6 Å². The fourth-order valence-electron chi connectivity index (χ4n) is 1.13. The van der Waals surface area contributed by atoms with Crippen molar-refractivity contribution in [3.8, 4) is 0 Å². The summed E-state index contributed by atoms with van der Waals surface area (Å²) < 4.78 is 13.2. The number of carbonyl (C=O) groups is 2. The molecular formula is C12H14BrFN2O3. The van der Waals surface area contributed by atoms with E-state index in [1.54, 1.807) is 0 Å². The Morgan fingerprint density at radius 3 is 2.58 bits per heavy atom. The minimum atomic E-state index is -1.05. The second-order valence-corrected chi connectivity index (χ2v) is 5.48. The first-order valence-corrected chi connectivity index (χ1v) is 6.25. The third kappa shape index (κ3) is 4.51. The first-order valence-electron chi connectivity index (χ1n) is 5.45. The molecule has 0 saturated heterocycles. The minimum absolute atomic E-state index is 0.0173. The van der Waals surface area contributed by atoms with E-state index in [1.807, 2.05) is 0 Å². The second-order valence-electron chi connectivity index (χ2n) is 4.63. The zero-order valence-electron chi connectivity index (χ0n) is 10.5. The van der Waals surface area contributed by atoms with Gasteiger partial charge in [0.05, 0.1) is 9.89 Å². The van der Waals surface area contributed by atoms with Crippen molar-refractivity contribution in [2.24, 2.45) is 5.41 Å². The monoisotopic (exact) mass is 332 g/mol. The van der Waals surface area contributed by atoms with Gasteiger partial charge in [-0.15, -0.1) is 0 Å². The van der Waals surface area contributed by atoms with E-state index in [0.717, 1.165) is 0 Å². The maximum absolute atomic E-state index is 13.0. The molecule has 0 radical (unpaired) electrons. The van der Waals surface area contributed by atoms with Crippen molar-refractivity contribution in [1.29, 1.82) is 0 Å². The Hall–Kier alpha value is -1.63. The minimum Gasteiger partial charge on any atom is -0.481 e. The van der Waals surface area contributed by atoms with Gasteiger partial charge >= 0.3 is 12.0 Å². The van der Waals surface area contributed by atoms with E-state index in [9.17, 15) is 14.0 Å². The van der Waals surface area contributed by atoms with Gasteiger partial charge in [-0.1, -0.05) is 0 Å². The molecular weight excluding hydrogens is 319 g/mol. The molecule has 1 aromatic rings. The Morgan fingerprint density at radius 1 is 1.42 bits per heavy atom. The van der Waals surface area contributed by atoms with Gasteiger partial charge in [-0.2, -0.15) is 0 Å². The predicted octanol–water partition coefficient (Wildman–Crippen LogP) is 2.82. The smallest absolute Gasteiger partial charge is 0.319 e. The van der Waals surface area contributed by atoms with Gasteiger partial charge < -0.3 is 15.7 Å². The number of anilines is 1. The molecule has 5 nitrogen and oxygen atoms in total. The third-order valence-corrected chi connectivity index (χ3v) is 3.06. The fraction of sp³-hybridized carbons (Fsp3) is 0.333. The van der Waals surface area contributed by atoms with Gasteiger partial charge in [-0.3, -0.25) is 4.79 Å². The first-order chi connectivity index (χ1) is 8.72. The van der Waals surface area contributed by atoms with Crippen LogP contribution in [0.2, 0.25) is 0 Å². The number of rotatable bonds is 4. The van der Waals surface area contributed by atoms with E-state index >= 15 is 0 Å². The molecule has 0 aliphatic carbocycles. The molecule has 0 saturated carbocycles. The molecule has 0 atom stereocenters. The summed E-state index contributed by atoms with van der Waals surface area (Å²) in [5, 5.41) is 13.8. The molecule has 0 aromatic heterocycles. The Kier molecular flexibility index (Phi) is 4.88. The van der Waals surface area contributed by atoms with E-state index in [-0.39, 0.29) is 11.0 Å². The number of carboxylic acid groups (broad SMARTS) is 1. The lowest BCUT2D eigenvalue weighted by atomic mass is 9.94. The van der Waals surface area contributed by atoms with Crippen molar-refractivity contribution < 1.29 is 19.1 Å². The van der Waals surface area contributed by atoms with Crippen LogP contribution < -0.4 is 10.6 Å². The van der Waals surface area contributed by atoms with Gasteiger partial charge in [0.1, 0.15) is 5.82 Å². The van der Waals surface area contributed by atoms with Gasteiger partial charge in [0.25, 0.3) is 0 Å². The van der Waals surface area contributed by atoms with Crippen molar-refractivity contribution in [3.63, 3.8) is 0 Å². The predicted molar refractivity (Wildman–Crippen MR) is 72.5 cm³/mol. The summed E-state index contributed by atoms with van der Waals surface area (Å²) in [6.45, 7) is 2.99. The third-order valence-electron chi connectivity index (χ3n) is 2.45. The molecule has 0 bridgehead atoms. The Balaban J connectivity index is 2.56. The highest BCUT2D eigenvalue weighted by molar-refractivity contribution is 9.10. The summed E-state index contributed by atoms with van der Waals surface area (Å²) in [7, 11) is 0. The number of hydrogen-bond acceptors (Lipinski definition) is 2. The lowest BCUT2D eigenvalue weighted by molar-refractivity contribution is -0.146. The van der Waals surface area contributed by atoms with Crippen molar-refractivity contribution in [2.45, 2.75) is 13.8 Å². The van der Waals surface area contributed by atoms with Crippen LogP contribution in [0.5, 0.6) is 0 Å². The Morgan fingerprint density at radius 2 is 2.05 bits per heavy atom. The lowest BCUT2D eigenvalue weighted by Crippen LogP contribution is -2.40. The fourth-order valence-corrected chi connectivity index (χ4v) is 1.50. The number of amides is 2. The maximum atomic E-state index is 13.0. The zero-order chi connectivity index (χ0) is 14.6. The molecule has 2 amide bonds. The van der Waals surface area contributed by atoms with Gasteiger partial charge in [0.2, 0.25) is 0 Å². The topological polar surface area (TPSA) is 78.4 Å². The van der Waals surface area contributed by atoms with E-state index in [0.29, 0.717) is 5.69 Å². The van der Waals surface area contributed by atoms with Crippen LogP contribution in [0, 0.1) is 11.2 Å². The summed E-state index contributed by atoms with van der Waals surface area (Å²) >= 11 is 3.00. The molecule has 3 N–H and O–H groups in total. The van der Waals surface area contributed by atoms with Crippen LogP contribution in [0.3, 0.4) is 0 Å². The van der Waals surface area contributed by atoms with E-state index in [1.165, 1.54) is 32.0 Å². The molecule has 0 aliphatic heterocycles. The maximum Gasteiger partial charge on any atom is 0.319 e. The summed E-state index contributed by atoms with van der Waals surface area (Å²) in [5.41, 5.74) is -0.653. The van der Waals surface area contributed by atoms with Crippen LogP contribution in [0.1, 0.15) is 13.8 Å². The molecule has 7 heteroatoms. The van der Waals surface area contributed by atoms with Gasteiger partial charge in [0, 0.05) is 12.2 Å². The number of benzene rings is 1. The van der Waals surface area contributed by atoms with Crippen LogP contribution in [0.25, 0.3) is 0 Å². The van der Waals surface area contributed by atoms with Gasteiger partial charge in [0.15, 0.2) is 0 Å². The number of nitrogens with one attached hydrogen (secondary N) is 2. The van der Waals surface area contributed by atoms with E-state index < -0.39 is 23.2 Å². The Bertz CT molecular complexity index is 506. The summed E-state index contributed by atoms with van der Waals surface area (Å²) in [6.07, 6.45) is 0. The molecule has 0 spiro atoms. The molecule has 0 heterocycles. The molecule has 104 valence electrons. The molecule has 0 unspecified atom stereocenters. The van der Waals surface area contributed by atoms with Gasteiger partial charge in [-0.25, -0.2) is 9.18 Å². The molecule has 0 aliphatic rings. The lowest BCUT2D eigenvalue weighted by Gasteiger charge is -2.19. The summed E-state index contributed by atoms with van der Waals surface area (Å²) in [5.74, 6) is -1.43. The number of hydrogen-bond donors (Lipinski definition) is 3. The Labute approximate surface area is 118 Å². The van der Waals surface area contributed by atoms with Crippen molar-refractivity contribution in [3.05, 3.63) is 28.5 Å². The van der Waals surface area contributed by atoms with Crippen LogP contribution in [-0.2, 0) is 4.79 Å². The SMILES string of the molecule is CC(C)(CNC(=O)Nc1ccc(F)c(Br)c1)C(=O)O. The summed E-state index contributed by atoms with van der Waals surface area (Å²) in [6, 6.07) is 3.48. The van der Waals surface area contributed by atoms with E-state index in [4.69, 9.17) is 5.11 Å². The molecule has 0 fully saturated rings. The number of urea groups is 1. The molecule has 19 heavy (non-hydrogen) atoms. The average Bonchev–Trinajstić information content (AvgIpc) is 2.31. The molecule has 1 rings (SSSR count). The normalized spacial score (nSPS) is 10.9. The number of halogens is 2. The second kappa shape index (κ2) is 6.01. The van der Waals surface area contributed by atoms with Crippen LogP contribution in [0.15, 0.2) is 22.7 Å². The standard InChI is InChI=1S/C12H14BrFN2O3/c1-12(2,10(17)18)6-15-11(19)16-7-3-4-9(14)8(13)5-7/h3-5H,6H2,1-2H3,(H,17,18)(H2,15,16,19). The highest BCUT2D eigenvalue weighted by Gasteiger charge is 2.27. The molecule has 1 aromatic carbocycles. The zero-order valence-corrected chi connectivity index (χ0v) is 12.0. The van der Waals surface area contributed by atoms with Crippen molar-refractivity contribution in [2.75, 3.05) is 11.9 Å². The number of aliphatic carboxylic acids is 1. The van der Waals surface area contributed by atoms with Gasteiger partial charge in [-0.05, 0) is 48.0 Å². The van der Waals surface area contributed by atoms with E-state index in [2.05, 4.69) is 26.6 Å². The van der Waals surface area contributed by atoms with Crippen molar-refractivity contribution in [1.82, 2.24) is 5.32 Å². The first kappa shape index (κ1) is 15.4. The largest absolute Gasteiger partial charge is 0.481 e. The highest BCUT2D eigenvalue weighted by atomic mass is 79.9. The number of carbonyl (C=O) groups excluding carboxylic acids is 1. The quantitative estimate of drug-likeness (QED) is 0.793. The number of carboxylic acids is 1. The van der Waals surface area contributed by atoms with Crippen LogP contribution in [0.4, 0.5) is 14.9 Å². The van der Waals surface area contributed by atoms with Crippen LogP contribution >= 0.6 is 15.9 Å². The average molecular weight is 333 g/mol. The highest BCUT2D eigenvalue weighted by Crippen LogP contribution is 2.20. The van der Waals surface area contributed by atoms with Crippen LogP contribution in [-0.4, -0.2) is 23.7 Å². The summed E-state index contributed by atoms with van der Waals surface area (Å²) in [4.78, 5) is 22.4.